The van der Waals surface area contributed by atoms with Gasteiger partial charge in [-0.25, -0.2) is 19.7 Å². The van der Waals surface area contributed by atoms with Crippen molar-refractivity contribution in [1.29, 1.82) is 0 Å². The Balaban J connectivity index is 1.41. The summed E-state index contributed by atoms with van der Waals surface area (Å²) < 4.78 is 5.38. The Morgan fingerprint density at radius 2 is 1.94 bits per heavy atom. The minimum atomic E-state index is -1.05. The molecule has 1 saturated heterocycles. The van der Waals surface area contributed by atoms with Gasteiger partial charge in [0.2, 0.25) is 5.95 Å². The van der Waals surface area contributed by atoms with Crippen molar-refractivity contribution in [3.63, 3.8) is 0 Å². The number of amides is 1. The SMILES string of the molecule is O=C(O)N(CCCN1CCOCC1)c1ncc2c(n1)-c1ccccc1[C@H](c1ccc(Cl)c(Cl)c1)C2. The van der Waals surface area contributed by atoms with Gasteiger partial charge in [0, 0.05) is 43.9 Å². The molecule has 1 N–H and O–H groups in total. The number of carboxylic acid groups (broad SMARTS) is 1. The number of hydrogen-bond acceptors (Lipinski definition) is 5. The fourth-order valence-electron chi connectivity index (χ4n) is 4.84. The molecule has 1 aliphatic carbocycles. The molecule has 1 atom stereocenters. The van der Waals surface area contributed by atoms with E-state index in [9.17, 15) is 9.90 Å². The summed E-state index contributed by atoms with van der Waals surface area (Å²) in [4.78, 5) is 24.8. The third kappa shape index (κ3) is 5.14. The fourth-order valence-corrected chi connectivity index (χ4v) is 5.15. The van der Waals surface area contributed by atoms with E-state index in [2.05, 4.69) is 16.0 Å². The zero-order valence-corrected chi connectivity index (χ0v) is 20.7. The molecule has 0 spiro atoms. The minimum absolute atomic E-state index is 0.0759. The van der Waals surface area contributed by atoms with Crippen molar-refractivity contribution in [2.24, 2.45) is 0 Å². The van der Waals surface area contributed by atoms with Gasteiger partial charge in [0.15, 0.2) is 0 Å². The van der Waals surface area contributed by atoms with E-state index in [1.54, 1.807) is 6.20 Å². The average molecular weight is 513 g/mol. The van der Waals surface area contributed by atoms with E-state index in [1.165, 1.54) is 4.90 Å². The van der Waals surface area contributed by atoms with Gasteiger partial charge in [0.1, 0.15) is 0 Å². The van der Waals surface area contributed by atoms with Gasteiger partial charge in [-0.1, -0.05) is 53.5 Å². The van der Waals surface area contributed by atoms with E-state index in [-0.39, 0.29) is 11.9 Å². The van der Waals surface area contributed by atoms with Gasteiger partial charge in [0.05, 0.1) is 29.0 Å². The van der Waals surface area contributed by atoms with E-state index < -0.39 is 6.09 Å². The average Bonchev–Trinajstić information content (AvgIpc) is 2.88. The molecule has 5 rings (SSSR count). The number of fused-ring (bicyclic) bond motifs is 3. The maximum absolute atomic E-state index is 12.1. The smallest absolute Gasteiger partial charge is 0.414 e. The molecule has 1 aliphatic heterocycles. The lowest BCUT2D eigenvalue weighted by Gasteiger charge is -2.29. The Hall–Kier alpha value is -2.71. The molecule has 0 radical (unpaired) electrons. The first-order valence-corrected chi connectivity index (χ1v) is 12.5. The topological polar surface area (TPSA) is 78.8 Å². The van der Waals surface area contributed by atoms with Gasteiger partial charge < -0.3 is 9.84 Å². The Kier molecular flexibility index (Phi) is 7.20. The number of hydrogen-bond donors (Lipinski definition) is 1. The second kappa shape index (κ2) is 10.5. The molecule has 1 aromatic heterocycles. The van der Waals surface area contributed by atoms with Crippen LogP contribution in [0, 0.1) is 0 Å². The summed E-state index contributed by atoms with van der Waals surface area (Å²) in [5.41, 5.74) is 4.92. The van der Waals surface area contributed by atoms with Gasteiger partial charge >= 0.3 is 6.09 Å². The number of morpholine rings is 1. The largest absolute Gasteiger partial charge is 0.465 e. The van der Waals surface area contributed by atoms with E-state index in [0.717, 1.165) is 60.8 Å². The van der Waals surface area contributed by atoms with Gasteiger partial charge in [-0.2, -0.15) is 0 Å². The number of benzene rings is 2. The molecule has 182 valence electrons. The third-order valence-corrected chi connectivity index (χ3v) is 7.38. The molecule has 0 saturated carbocycles. The monoisotopic (exact) mass is 512 g/mol. The van der Waals surface area contributed by atoms with Crippen LogP contribution in [0.2, 0.25) is 10.0 Å². The predicted octanol–water partition coefficient (Wildman–Crippen LogP) is 5.35. The molecule has 7 nitrogen and oxygen atoms in total. The molecule has 35 heavy (non-hydrogen) atoms. The van der Waals surface area contributed by atoms with Gasteiger partial charge in [-0.15, -0.1) is 0 Å². The highest BCUT2D eigenvalue weighted by atomic mass is 35.5. The van der Waals surface area contributed by atoms with Gasteiger partial charge in [-0.05, 0) is 41.7 Å². The Labute approximate surface area is 214 Å². The number of rotatable bonds is 6. The predicted molar refractivity (Wildman–Crippen MR) is 137 cm³/mol. The summed E-state index contributed by atoms with van der Waals surface area (Å²) >= 11 is 12.5. The minimum Gasteiger partial charge on any atom is -0.465 e. The second-order valence-electron chi connectivity index (χ2n) is 8.80. The van der Waals surface area contributed by atoms with Crippen LogP contribution in [0.25, 0.3) is 11.3 Å². The first-order valence-electron chi connectivity index (χ1n) is 11.7. The van der Waals surface area contributed by atoms with Crippen molar-refractivity contribution >= 4 is 35.2 Å². The van der Waals surface area contributed by atoms with E-state index in [1.807, 2.05) is 36.4 Å². The van der Waals surface area contributed by atoms with Crippen LogP contribution in [0.3, 0.4) is 0 Å². The van der Waals surface area contributed by atoms with Gasteiger partial charge in [-0.3, -0.25) is 4.90 Å². The molecule has 3 aromatic rings. The highest BCUT2D eigenvalue weighted by Gasteiger charge is 2.29. The summed E-state index contributed by atoms with van der Waals surface area (Å²) in [5.74, 6) is 0.285. The van der Waals surface area contributed by atoms with Crippen LogP contribution in [0.4, 0.5) is 10.7 Å². The van der Waals surface area contributed by atoms with E-state index >= 15 is 0 Å². The normalized spacial score (nSPS) is 17.5. The highest BCUT2D eigenvalue weighted by molar-refractivity contribution is 6.42. The highest BCUT2D eigenvalue weighted by Crippen LogP contribution is 2.43. The zero-order chi connectivity index (χ0) is 24.4. The standard InChI is InChI=1S/C26H26Cl2N4O3/c27-22-7-6-17(15-23(22)28)21-14-18-16-29-25(30-24(18)20-5-2-1-4-19(20)21)32(26(33)34)9-3-8-31-10-12-35-13-11-31/h1-2,4-7,15-16,21H,3,8-14H2,(H,33,34)/t21-/m0/s1. The van der Waals surface area contributed by atoms with E-state index in [0.29, 0.717) is 29.4 Å². The fraction of sp³-hybridized carbons (Fsp3) is 0.346. The van der Waals surface area contributed by atoms with Crippen LogP contribution in [-0.2, 0) is 11.2 Å². The maximum Gasteiger partial charge on any atom is 0.414 e. The van der Waals surface area contributed by atoms with Gasteiger partial charge in [0.25, 0.3) is 0 Å². The summed E-state index contributed by atoms with van der Waals surface area (Å²) in [6.45, 7) is 4.34. The number of halogens is 2. The van der Waals surface area contributed by atoms with Crippen molar-refractivity contribution in [2.75, 3.05) is 44.3 Å². The Bertz CT molecular complexity index is 1230. The number of anilines is 1. The lowest BCUT2D eigenvalue weighted by molar-refractivity contribution is 0.0376. The second-order valence-corrected chi connectivity index (χ2v) is 9.62. The number of carbonyl (C=O) groups is 1. The summed E-state index contributed by atoms with van der Waals surface area (Å²) in [6, 6.07) is 13.8. The number of nitrogens with zero attached hydrogens (tertiary/aromatic N) is 4. The van der Waals surface area contributed by atoms with Crippen LogP contribution in [-0.4, -0.2) is 65.5 Å². The molecule has 2 aromatic carbocycles. The molecule has 1 fully saturated rings. The summed E-state index contributed by atoms with van der Waals surface area (Å²) in [7, 11) is 0. The first kappa shape index (κ1) is 24.0. The van der Waals surface area contributed by atoms with Crippen molar-refractivity contribution in [2.45, 2.75) is 18.8 Å². The van der Waals surface area contributed by atoms with Crippen molar-refractivity contribution in [3.05, 3.63) is 75.4 Å². The molecule has 2 aliphatic rings. The molecule has 9 heteroatoms. The quantitative estimate of drug-likeness (QED) is 0.479. The molecule has 0 bridgehead atoms. The molecule has 1 amide bonds. The van der Waals surface area contributed by atoms with Crippen LogP contribution in [0.15, 0.2) is 48.7 Å². The number of ether oxygens (including phenoxy) is 1. The first-order chi connectivity index (χ1) is 17.0. The van der Waals surface area contributed by atoms with E-state index in [4.69, 9.17) is 32.9 Å². The molecular weight excluding hydrogens is 487 g/mol. The number of aromatic nitrogens is 2. The summed E-state index contributed by atoms with van der Waals surface area (Å²) in [6.07, 6.45) is 2.10. The Morgan fingerprint density at radius 1 is 1.14 bits per heavy atom. The molecule has 0 unspecified atom stereocenters. The summed E-state index contributed by atoms with van der Waals surface area (Å²) in [5, 5.41) is 10.9. The van der Waals surface area contributed by atoms with Crippen molar-refractivity contribution < 1.29 is 14.6 Å². The lowest BCUT2D eigenvalue weighted by Crippen LogP contribution is -2.39. The molecule has 2 heterocycles. The van der Waals surface area contributed by atoms with Crippen LogP contribution in [0.1, 0.15) is 29.0 Å². The van der Waals surface area contributed by atoms with Crippen molar-refractivity contribution in [3.8, 4) is 11.3 Å². The third-order valence-electron chi connectivity index (χ3n) is 6.65. The Morgan fingerprint density at radius 3 is 2.71 bits per heavy atom. The van der Waals surface area contributed by atoms with Crippen molar-refractivity contribution in [1.82, 2.24) is 14.9 Å². The van der Waals surface area contributed by atoms with Crippen LogP contribution < -0.4 is 4.90 Å². The van der Waals surface area contributed by atoms with Crippen LogP contribution in [0.5, 0.6) is 0 Å². The maximum atomic E-state index is 12.1. The lowest BCUT2D eigenvalue weighted by atomic mass is 9.78. The zero-order valence-electron chi connectivity index (χ0n) is 19.2. The molecular formula is C26H26Cl2N4O3. The van der Waals surface area contributed by atoms with Crippen LogP contribution >= 0.6 is 23.2 Å².